The van der Waals surface area contributed by atoms with Crippen LogP contribution in [0.2, 0.25) is 5.02 Å². The lowest BCUT2D eigenvalue weighted by Gasteiger charge is -2.11. The lowest BCUT2D eigenvalue weighted by Crippen LogP contribution is -2.46. The first-order chi connectivity index (χ1) is 13.3. The van der Waals surface area contributed by atoms with Gasteiger partial charge in [-0.25, -0.2) is 0 Å². The van der Waals surface area contributed by atoms with E-state index >= 15 is 0 Å². The van der Waals surface area contributed by atoms with Crippen LogP contribution < -0.4 is 20.9 Å². The highest BCUT2D eigenvalue weighted by Gasteiger charge is 2.15. The van der Waals surface area contributed by atoms with Crippen molar-refractivity contribution in [1.82, 2.24) is 16.2 Å². The van der Waals surface area contributed by atoms with Crippen LogP contribution >= 0.6 is 11.6 Å². The van der Waals surface area contributed by atoms with E-state index in [2.05, 4.69) is 16.2 Å². The summed E-state index contributed by atoms with van der Waals surface area (Å²) in [7, 11) is 1.38. The monoisotopic (exact) mass is 406 g/mol. The molecule has 0 aromatic heterocycles. The summed E-state index contributed by atoms with van der Waals surface area (Å²) >= 11 is 5.84. The summed E-state index contributed by atoms with van der Waals surface area (Å²) in [4.78, 5) is 46.0. The van der Waals surface area contributed by atoms with Crippen LogP contribution in [0.3, 0.4) is 0 Å². The zero-order valence-electron chi connectivity index (χ0n) is 14.5. The molecule has 0 unspecified atom stereocenters. The Morgan fingerprint density at radius 2 is 1.86 bits per heavy atom. The Kier molecular flexibility index (Phi) is 6.88. The molecular weight excluding hydrogens is 392 g/mol. The van der Waals surface area contributed by atoms with Crippen LogP contribution in [0.4, 0.5) is 5.69 Å². The fourth-order valence-electron chi connectivity index (χ4n) is 2.12. The first-order valence-corrected chi connectivity index (χ1v) is 8.15. The van der Waals surface area contributed by atoms with Crippen LogP contribution in [-0.2, 0) is 4.79 Å². The van der Waals surface area contributed by atoms with Crippen molar-refractivity contribution in [3.8, 4) is 5.75 Å². The van der Waals surface area contributed by atoms with E-state index in [9.17, 15) is 24.5 Å². The number of non-ortho nitro benzene ring substituents is 1. The number of nitro groups is 1. The van der Waals surface area contributed by atoms with E-state index in [0.717, 1.165) is 6.07 Å². The van der Waals surface area contributed by atoms with Crippen molar-refractivity contribution in [2.75, 3.05) is 13.7 Å². The molecule has 2 aromatic carbocycles. The third kappa shape index (κ3) is 5.42. The Labute approximate surface area is 163 Å². The minimum absolute atomic E-state index is 0.0229. The Bertz CT molecular complexity index is 934. The van der Waals surface area contributed by atoms with Gasteiger partial charge in [0.1, 0.15) is 5.75 Å². The number of hydrogen-bond donors (Lipinski definition) is 3. The van der Waals surface area contributed by atoms with Gasteiger partial charge in [-0.3, -0.25) is 35.3 Å². The number of carbonyl (C=O) groups excluding carboxylic acids is 3. The van der Waals surface area contributed by atoms with Gasteiger partial charge in [-0.15, -0.1) is 0 Å². The normalized spacial score (nSPS) is 9.93. The minimum Gasteiger partial charge on any atom is -0.496 e. The van der Waals surface area contributed by atoms with Gasteiger partial charge in [-0.05, 0) is 24.3 Å². The molecule has 0 saturated heterocycles. The number of halogens is 1. The van der Waals surface area contributed by atoms with Gasteiger partial charge in [-0.2, -0.15) is 0 Å². The van der Waals surface area contributed by atoms with E-state index in [1.807, 2.05) is 0 Å². The molecule has 3 N–H and O–H groups in total. The third-order valence-corrected chi connectivity index (χ3v) is 3.69. The highest BCUT2D eigenvalue weighted by Crippen LogP contribution is 2.22. The molecule has 0 saturated carbocycles. The molecule has 2 aromatic rings. The molecule has 146 valence electrons. The number of carbonyl (C=O) groups is 3. The van der Waals surface area contributed by atoms with Crippen LogP contribution in [0.5, 0.6) is 5.75 Å². The maximum absolute atomic E-state index is 12.1. The number of rotatable bonds is 6. The lowest BCUT2D eigenvalue weighted by molar-refractivity contribution is -0.384. The molecule has 3 amide bonds. The SMILES string of the molecule is COc1ccc(Cl)cc1C(=O)NNC(=O)CNC(=O)c1cccc([N+](=O)[O-])c1. The molecule has 2 rings (SSSR count). The van der Waals surface area contributed by atoms with Crippen molar-refractivity contribution >= 4 is 35.0 Å². The van der Waals surface area contributed by atoms with Crippen LogP contribution in [0, 0.1) is 10.1 Å². The molecule has 0 aliphatic heterocycles. The van der Waals surface area contributed by atoms with Crippen LogP contribution in [0.1, 0.15) is 20.7 Å². The fourth-order valence-corrected chi connectivity index (χ4v) is 2.29. The second-order valence-corrected chi connectivity index (χ2v) is 5.77. The molecule has 0 atom stereocenters. The molecule has 0 heterocycles. The number of amides is 3. The average molecular weight is 407 g/mol. The first-order valence-electron chi connectivity index (χ1n) is 7.77. The maximum Gasteiger partial charge on any atom is 0.273 e. The van der Waals surface area contributed by atoms with Crippen molar-refractivity contribution in [3.63, 3.8) is 0 Å². The van der Waals surface area contributed by atoms with Gasteiger partial charge in [0, 0.05) is 22.7 Å². The van der Waals surface area contributed by atoms with Gasteiger partial charge < -0.3 is 10.1 Å². The molecule has 10 nitrogen and oxygen atoms in total. The Morgan fingerprint density at radius 3 is 2.54 bits per heavy atom. The van der Waals surface area contributed by atoms with Gasteiger partial charge in [0.05, 0.1) is 24.1 Å². The highest BCUT2D eigenvalue weighted by molar-refractivity contribution is 6.31. The van der Waals surface area contributed by atoms with Crippen molar-refractivity contribution in [2.24, 2.45) is 0 Å². The highest BCUT2D eigenvalue weighted by atomic mass is 35.5. The summed E-state index contributed by atoms with van der Waals surface area (Å²) < 4.78 is 5.05. The maximum atomic E-state index is 12.1. The van der Waals surface area contributed by atoms with Crippen molar-refractivity contribution in [1.29, 1.82) is 0 Å². The van der Waals surface area contributed by atoms with E-state index in [1.165, 1.54) is 37.4 Å². The second-order valence-electron chi connectivity index (χ2n) is 5.34. The predicted octanol–water partition coefficient (Wildman–Crippen LogP) is 1.45. The summed E-state index contributed by atoms with van der Waals surface area (Å²) in [6.45, 7) is -0.464. The molecule has 0 fully saturated rings. The minimum atomic E-state index is -0.715. The van der Waals surface area contributed by atoms with E-state index in [-0.39, 0.29) is 22.6 Å². The smallest absolute Gasteiger partial charge is 0.273 e. The Balaban J connectivity index is 1.88. The number of methoxy groups -OCH3 is 1. The molecule has 11 heteroatoms. The summed E-state index contributed by atoms with van der Waals surface area (Å²) in [5.41, 5.74) is 4.18. The van der Waals surface area contributed by atoms with E-state index in [1.54, 1.807) is 6.07 Å². The number of nitro benzene ring substituents is 1. The van der Waals surface area contributed by atoms with Crippen LogP contribution in [-0.4, -0.2) is 36.3 Å². The zero-order chi connectivity index (χ0) is 20.7. The topological polar surface area (TPSA) is 140 Å². The average Bonchev–Trinajstić information content (AvgIpc) is 2.70. The molecular formula is C17H15ClN4O6. The van der Waals surface area contributed by atoms with Crippen molar-refractivity contribution < 1.29 is 24.0 Å². The molecule has 0 bridgehead atoms. The van der Waals surface area contributed by atoms with E-state index < -0.39 is 29.2 Å². The first kappa shape index (κ1) is 20.6. The van der Waals surface area contributed by atoms with Crippen molar-refractivity contribution in [2.45, 2.75) is 0 Å². The van der Waals surface area contributed by atoms with Crippen LogP contribution in [0.15, 0.2) is 42.5 Å². The predicted molar refractivity (Wildman–Crippen MR) is 99.0 cm³/mol. The number of hydrogen-bond acceptors (Lipinski definition) is 6. The zero-order valence-corrected chi connectivity index (χ0v) is 15.3. The van der Waals surface area contributed by atoms with Gasteiger partial charge in [0.2, 0.25) is 0 Å². The van der Waals surface area contributed by atoms with Gasteiger partial charge in [0.25, 0.3) is 23.4 Å². The standard InChI is InChI=1S/C17H15ClN4O6/c1-28-14-6-5-11(18)8-13(14)17(25)21-20-15(23)9-19-16(24)10-3-2-4-12(7-10)22(26)27/h2-8H,9H2,1H3,(H,19,24)(H,20,23)(H,21,25). The van der Waals surface area contributed by atoms with Gasteiger partial charge in [0.15, 0.2) is 0 Å². The number of nitrogens with zero attached hydrogens (tertiary/aromatic N) is 1. The molecule has 0 spiro atoms. The number of nitrogens with one attached hydrogen (secondary N) is 3. The second kappa shape index (κ2) is 9.33. The fraction of sp³-hybridized carbons (Fsp3) is 0.118. The molecule has 0 aliphatic rings. The lowest BCUT2D eigenvalue weighted by atomic mass is 10.2. The van der Waals surface area contributed by atoms with E-state index in [0.29, 0.717) is 5.02 Å². The summed E-state index contributed by atoms with van der Waals surface area (Å²) in [5.74, 6) is -1.80. The molecule has 0 radical (unpaired) electrons. The quantitative estimate of drug-likeness (QED) is 0.490. The Morgan fingerprint density at radius 1 is 1.11 bits per heavy atom. The summed E-state index contributed by atoms with van der Waals surface area (Å²) in [6.07, 6.45) is 0. The summed E-state index contributed by atoms with van der Waals surface area (Å²) in [5, 5.41) is 13.3. The number of benzene rings is 2. The van der Waals surface area contributed by atoms with E-state index in [4.69, 9.17) is 16.3 Å². The number of hydrazine groups is 1. The number of ether oxygens (including phenoxy) is 1. The van der Waals surface area contributed by atoms with Gasteiger partial charge in [-0.1, -0.05) is 17.7 Å². The largest absolute Gasteiger partial charge is 0.496 e. The van der Waals surface area contributed by atoms with Crippen LogP contribution in [0.25, 0.3) is 0 Å². The molecule has 28 heavy (non-hydrogen) atoms. The molecule has 0 aliphatic carbocycles. The third-order valence-electron chi connectivity index (χ3n) is 3.45. The van der Waals surface area contributed by atoms with Crippen molar-refractivity contribution in [3.05, 3.63) is 68.7 Å². The Hall–Kier alpha value is -3.66. The van der Waals surface area contributed by atoms with Gasteiger partial charge >= 0.3 is 0 Å². The summed E-state index contributed by atoms with van der Waals surface area (Å²) in [6, 6.07) is 9.45.